The van der Waals surface area contributed by atoms with E-state index in [-0.39, 0.29) is 12.8 Å². The number of allylic oxidation sites excluding steroid dienone is 8. The summed E-state index contributed by atoms with van der Waals surface area (Å²) in [5, 5.41) is 21.6. The zero-order chi connectivity index (χ0) is 37.8. The normalized spacial score (nSPS) is 14.4. The number of carboxylic acids is 1. The minimum Gasteiger partial charge on any atom is -0.480 e. The van der Waals surface area contributed by atoms with E-state index in [9.17, 15) is 34.1 Å². The summed E-state index contributed by atoms with van der Waals surface area (Å²) in [4.78, 5) is 45.5. The molecule has 1 amide bonds. The number of rotatable bonds is 35. The van der Waals surface area contributed by atoms with Gasteiger partial charge in [0.1, 0.15) is 12.7 Å². The summed E-state index contributed by atoms with van der Waals surface area (Å²) < 4.78 is 26.6. The highest BCUT2D eigenvalue weighted by Crippen LogP contribution is 2.43. The molecule has 0 bridgehead atoms. The first kappa shape index (κ1) is 48.4. The van der Waals surface area contributed by atoms with E-state index in [4.69, 9.17) is 13.8 Å². The van der Waals surface area contributed by atoms with E-state index in [1.54, 1.807) is 0 Å². The predicted octanol–water partition coefficient (Wildman–Crippen LogP) is 9.05. The quantitative estimate of drug-likeness (QED) is 0.0213. The van der Waals surface area contributed by atoms with Crippen LogP contribution in [0.25, 0.3) is 0 Å². The van der Waals surface area contributed by atoms with Crippen molar-refractivity contribution in [3.05, 3.63) is 48.6 Å². The van der Waals surface area contributed by atoms with Gasteiger partial charge in [0.15, 0.2) is 6.04 Å². The number of carbonyl (C=O) groups excluding carboxylic acids is 2. The Labute approximate surface area is 307 Å². The van der Waals surface area contributed by atoms with Crippen molar-refractivity contribution in [1.82, 2.24) is 5.32 Å². The summed E-state index contributed by atoms with van der Waals surface area (Å²) in [7, 11) is -4.75. The van der Waals surface area contributed by atoms with Gasteiger partial charge in [-0.15, -0.1) is 0 Å². The molecule has 0 radical (unpaired) electrons. The van der Waals surface area contributed by atoms with Crippen LogP contribution in [0.3, 0.4) is 0 Å². The standard InChI is InChI=1S/C39H68NO10P/c1-3-5-7-9-11-12-13-14-15-16-17-18-19-20-21-22-23-24-25-26-28-30-37(42)40-36(39(44)45)34-50-51(46,47)49-33-35(41)32-48-38(43)31-29-27-10-8-6-4-2/h11-12,14-15,17-18,20-21,35-36,41H,3-10,13,16,19,22-34H2,1-2H3,(H,40,42)(H,44,45)(H,46,47)/b12-11-,15-14-,18-17-,21-20-. The van der Waals surface area contributed by atoms with Crippen molar-refractivity contribution in [3.8, 4) is 0 Å². The van der Waals surface area contributed by atoms with Crippen molar-refractivity contribution in [2.24, 2.45) is 0 Å². The minimum atomic E-state index is -4.75. The molecule has 0 spiro atoms. The molecule has 51 heavy (non-hydrogen) atoms. The number of esters is 1. The largest absolute Gasteiger partial charge is 0.480 e. The molecule has 0 aliphatic heterocycles. The van der Waals surface area contributed by atoms with Crippen molar-refractivity contribution in [1.29, 1.82) is 0 Å². The molecule has 0 aliphatic carbocycles. The van der Waals surface area contributed by atoms with Crippen molar-refractivity contribution in [3.63, 3.8) is 0 Å². The molecule has 0 aliphatic rings. The fraction of sp³-hybridized carbons (Fsp3) is 0.718. The van der Waals surface area contributed by atoms with Crippen LogP contribution in [0.4, 0.5) is 0 Å². The molecule has 0 saturated carbocycles. The number of phosphoric ester groups is 1. The zero-order valence-corrected chi connectivity index (χ0v) is 32.3. The molecule has 0 rings (SSSR count). The van der Waals surface area contributed by atoms with Crippen LogP contribution in [0.2, 0.25) is 0 Å². The molecule has 0 saturated heterocycles. The Morgan fingerprint density at radius 1 is 0.627 bits per heavy atom. The van der Waals surface area contributed by atoms with Crippen molar-refractivity contribution in [2.45, 2.75) is 161 Å². The average molecular weight is 742 g/mol. The highest BCUT2D eigenvalue weighted by Gasteiger charge is 2.28. The van der Waals surface area contributed by atoms with Crippen LogP contribution in [-0.2, 0) is 32.7 Å². The van der Waals surface area contributed by atoms with Gasteiger partial charge >= 0.3 is 19.8 Å². The summed E-state index contributed by atoms with van der Waals surface area (Å²) in [5.41, 5.74) is 0. The summed E-state index contributed by atoms with van der Waals surface area (Å²) in [6.45, 7) is 2.44. The lowest BCUT2D eigenvalue weighted by molar-refractivity contribution is -0.147. The third kappa shape index (κ3) is 34.3. The molecule has 0 aromatic carbocycles. The van der Waals surface area contributed by atoms with Crippen LogP contribution < -0.4 is 5.32 Å². The second kappa shape index (κ2) is 34.5. The van der Waals surface area contributed by atoms with Gasteiger partial charge < -0.3 is 25.2 Å². The van der Waals surface area contributed by atoms with E-state index < -0.39 is 57.6 Å². The lowest BCUT2D eigenvalue weighted by Crippen LogP contribution is -2.43. The van der Waals surface area contributed by atoms with Gasteiger partial charge in [-0.1, -0.05) is 127 Å². The monoisotopic (exact) mass is 741 g/mol. The number of nitrogens with one attached hydrogen (secondary N) is 1. The van der Waals surface area contributed by atoms with Crippen LogP contribution in [0, 0.1) is 0 Å². The van der Waals surface area contributed by atoms with E-state index >= 15 is 0 Å². The number of aliphatic carboxylic acids is 1. The zero-order valence-electron chi connectivity index (χ0n) is 31.4. The van der Waals surface area contributed by atoms with Gasteiger partial charge in [-0.3, -0.25) is 18.6 Å². The lowest BCUT2D eigenvalue weighted by atomic mass is 10.1. The van der Waals surface area contributed by atoms with Crippen LogP contribution in [-0.4, -0.2) is 64.9 Å². The second-order valence-electron chi connectivity index (χ2n) is 12.8. The molecule has 11 nitrogen and oxygen atoms in total. The molecule has 12 heteroatoms. The van der Waals surface area contributed by atoms with Crippen LogP contribution >= 0.6 is 7.82 Å². The Bertz CT molecular complexity index is 1060. The van der Waals surface area contributed by atoms with Gasteiger partial charge in [0.05, 0.1) is 13.2 Å². The number of phosphoric acid groups is 1. The number of aliphatic hydroxyl groups is 1. The van der Waals surface area contributed by atoms with E-state index in [1.807, 2.05) is 0 Å². The Morgan fingerprint density at radius 3 is 1.65 bits per heavy atom. The smallest absolute Gasteiger partial charge is 0.472 e. The summed E-state index contributed by atoms with van der Waals surface area (Å²) in [6.07, 6.45) is 36.0. The minimum absolute atomic E-state index is 0.123. The van der Waals surface area contributed by atoms with Crippen LogP contribution in [0.15, 0.2) is 48.6 Å². The molecule has 0 aromatic rings. The first-order valence-corrected chi connectivity index (χ1v) is 20.7. The molecular formula is C39H68NO10P. The molecule has 294 valence electrons. The van der Waals surface area contributed by atoms with Gasteiger partial charge in [0, 0.05) is 12.8 Å². The second-order valence-corrected chi connectivity index (χ2v) is 14.2. The predicted molar refractivity (Wildman–Crippen MR) is 203 cm³/mol. The van der Waals surface area contributed by atoms with Gasteiger partial charge in [0.25, 0.3) is 0 Å². The van der Waals surface area contributed by atoms with E-state index in [1.165, 1.54) is 25.7 Å². The third-order valence-corrected chi connectivity index (χ3v) is 8.82. The van der Waals surface area contributed by atoms with Gasteiger partial charge in [-0.2, -0.15) is 0 Å². The fourth-order valence-corrected chi connectivity index (χ4v) is 5.60. The first-order chi connectivity index (χ1) is 24.6. The Morgan fingerprint density at radius 2 is 1.08 bits per heavy atom. The molecule has 0 heterocycles. The Kier molecular flexibility index (Phi) is 32.8. The molecule has 0 fully saturated rings. The maximum atomic E-state index is 12.3. The van der Waals surface area contributed by atoms with Gasteiger partial charge in [-0.05, 0) is 57.8 Å². The molecule has 3 atom stereocenters. The molecular weight excluding hydrogens is 673 g/mol. The number of carboxylic acid groups (broad SMARTS) is 1. The van der Waals surface area contributed by atoms with Crippen molar-refractivity contribution < 1.29 is 47.8 Å². The molecule has 3 unspecified atom stereocenters. The number of amides is 1. The topological polar surface area (TPSA) is 169 Å². The SMILES string of the molecule is CCCCC/C=C\C/C=C\C/C=C\C/C=C\CCCCCCCC(=O)NC(COP(=O)(O)OCC(O)COC(=O)CCCCCCCC)C(=O)O. The number of aliphatic hydroxyl groups excluding tert-OH is 1. The summed E-state index contributed by atoms with van der Waals surface area (Å²) in [5.74, 6) is -2.41. The molecule has 0 aromatic heterocycles. The van der Waals surface area contributed by atoms with Gasteiger partial charge in [0.2, 0.25) is 5.91 Å². The van der Waals surface area contributed by atoms with Gasteiger partial charge in [-0.25, -0.2) is 9.36 Å². The lowest BCUT2D eigenvalue weighted by Gasteiger charge is -2.18. The summed E-state index contributed by atoms with van der Waals surface area (Å²) in [6, 6.07) is -1.56. The number of ether oxygens (including phenoxy) is 1. The number of hydrogen-bond donors (Lipinski definition) is 4. The van der Waals surface area contributed by atoms with Crippen molar-refractivity contribution >= 4 is 25.7 Å². The van der Waals surface area contributed by atoms with E-state index in [0.29, 0.717) is 12.8 Å². The van der Waals surface area contributed by atoms with Crippen LogP contribution in [0.1, 0.15) is 149 Å². The third-order valence-electron chi connectivity index (χ3n) is 7.87. The Balaban J connectivity index is 3.99. The van der Waals surface area contributed by atoms with E-state index in [2.05, 4.69) is 67.8 Å². The number of carbonyl (C=O) groups is 3. The highest BCUT2D eigenvalue weighted by molar-refractivity contribution is 7.47. The first-order valence-electron chi connectivity index (χ1n) is 19.2. The maximum Gasteiger partial charge on any atom is 0.472 e. The maximum absolute atomic E-state index is 12.3. The van der Waals surface area contributed by atoms with Crippen LogP contribution in [0.5, 0.6) is 0 Å². The highest BCUT2D eigenvalue weighted by atomic mass is 31.2. The number of hydrogen-bond acceptors (Lipinski definition) is 8. The summed E-state index contributed by atoms with van der Waals surface area (Å²) >= 11 is 0. The fourth-order valence-electron chi connectivity index (χ4n) is 4.83. The Hall–Kier alpha value is -2.56. The number of unbranched alkanes of at least 4 members (excludes halogenated alkanes) is 13. The van der Waals surface area contributed by atoms with Crippen molar-refractivity contribution in [2.75, 3.05) is 19.8 Å². The molecule has 4 N–H and O–H groups in total. The van der Waals surface area contributed by atoms with E-state index in [0.717, 1.165) is 83.5 Å². The average Bonchev–Trinajstić information content (AvgIpc) is 3.10.